The molecule has 1 aromatic carbocycles. The van der Waals surface area contributed by atoms with Crippen molar-refractivity contribution in [1.29, 1.82) is 0 Å². The van der Waals surface area contributed by atoms with Crippen molar-refractivity contribution in [3.8, 4) is 5.69 Å². The number of aromatic nitrogens is 3. The number of pyridine rings is 1. The van der Waals surface area contributed by atoms with E-state index in [9.17, 15) is 4.79 Å². The Hall–Kier alpha value is -2.69. The first-order valence-corrected chi connectivity index (χ1v) is 11.4. The number of carbonyl (C=O) groups excluding carboxylic acids is 1. The first-order chi connectivity index (χ1) is 14.7. The Labute approximate surface area is 185 Å². The molecule has 0 saturated carbocycles. The highest BCUT2D eigenvalue weighted by Crippen LogP contribution is 2.29. The topological polar surface area (TPSA) is 51.0 Å². The summed E-state index contributed by atoms with van der Waals surface area (Å²) in [4.78, 5) is 19.9. The molecule has 5 heteroatoms. The number of hydrogen-bond donors (Lipinski definition) is 0. The van der Waals surface area contributed by atoms with Gasteiger partial charge in [-0.2, -0.15) is 5.10 Å². The summed E-state index contributed by atoms with van der Waals surface area (Å²) < 4.78 is 1.94. The molecule has 3 aromatic rings. The average Bonchev–Trinajstić information content (AvgIpc) is 3.03. The Morgan fingerprint density at radius 3 is 2.29 bits per heavy atom. The van der Waals surface area contributed by atoms with Gasteiger partial charge >= 0.3 is 0 Å². The maximum Gasteiger partial charge on any atom is 0.222 e. The number of carbonyl (C=O) groups is 1. The molecule has 1 fully saturated rings. The third-order valence-corrected chi connectivity index (χ3v) is 6.66. The van der Waals surface area contributed by atoms with Crippen LogP contribution in [0, 0.1) is 39.5 Å². The molecule has 164 valence electrons. The van der Waals surface area contributed by atoms with Gasteiger partial charge in [-0.1, -0.05) is 31.5 Å². The van der Waals surface area contributed by atoms with Crippen LogP contribution in [0.3, 0.4) is 0 Å². The first kappa shape index (κ1) is 21.5. The lowest BCUT2D eigenvalue weighted by Gasteiger charge is -2.35. The molecule has 0 aliphatic carbocycles. The number of piperidine rings is 1. The number of likely N-dealkylation sites (tertiary alicyclic amines) is 1. The summed E-state index contributed by atoms with van der Waals surface area (Å²) in [6.07, 6.45) is 2.49. The van der Waals surface area contributed by atoms with Gasteiger partial charge in [-0.05, 0) is 75.6 Å². The molecule has 31 heavy (non-hydrogen) atoms. The number of rotatable bonds is 4. The minimum atomic E-state index is 0.268. The van der Waals surface area contributed by atoms with E-state index in [-0.39, 0.29) is 5.91 Å². The Kier molecular flexibility index (Phi) is 5.87. The monoisotopic (exact) mass is 418 g/mol. The lowest BCUT2D eigenvalue weighted by Crippen LogP contribution is -2.42. The van der Waals surface area contributed by atoms with E-state index in [0.29, 0.717) is 18.3 Å². The Morgan fingerprint density at radius 1 is 1.00 bits per heavy atom. The lowest BCUT2D eigenvalue weighted by molar-refractivity contribution is -0.133. The van der Waals surface area contributed by atoms with Crippen molar-refractivity contribution >= 4 is 16.9 Å². The molecule has 0 spiro atoms. The summed E-state index contributed by atoms with van der Waals surface area (Å²) in [5.41, 5.74) is 7.49. The summed E-state index contributed by atoms with van der Waals surface area (Å²) in [6.45, 7) is 14.6. The largest absolute Gasteiger partial charge is 0.342 e. The number of amides is 1. The van der Waals surface area contributed by atoms with E-state index in [4.69, 9.17) is 10.1 Å². The van der Waals surface area contributed by atoms with Crippen LogP contribution in [-0.4, -0.2) is 38.7 Å². The van der Waals surface area contributed by atoms with Crippen molar-refractivity contribution in [3.05, 3.63) is 52.3 Å². The quantitative estimate of drug-likeness (QED) is 0.593. The average molecular weight is 419 g/mol. The van der Waals surface area contributed by atoms with E-state index in [0.717, 1.165) is 47.6 Å². The van der Waals surface area contributed by atoms with Crippen LogP contribution in [-0.2, 0) is 11.2 Å². The van der Waals surface area contributed by atoms with Gasteiger partial charge in [0.15, 0.2) is 5.65 Å². The van der Waals surface area contributed by atoms with E-state index in [1.54, 1.807) is 0 Å². The third kappa shape index (κ3) is 4.23. The number of fused-ring (bicyclic) bond motifs is 1. The lowest BCUT2D eigenvalue weighted by atomic mass is 9.91. The molecular formula is C26H34N4O. The molecule has 1 aliphatic heterocycles. The van der Waals surface area contributed by atoms with Crippen molar-refractivity contribution in [2.24, 2.45) is 11.8 Å². The van der Waals surface area contributed by atoms with Gasteiger partial charge in [-0.15, -0.1) is 0 Å². The number of nitrogens with zero attached hydrogens (tertiary/aromatic N) is 4. The van der Waals surface area contributed by atoms with Crippen LogP contribution in [0.2, 0.25) is 0 Å². The molecule has 4 rings (SSSR count). The zero-order chi connectivity index (χ0) is 22.3. The second kappa shape index (κ2) is 8.45. The molecule has 1 saturated heterocycles. The summed E-state index contributed by atoms with van der Waals surface area (Å²) in [5.74, 6) is 1.44. The predicted octanol–water partition coefficient (Wildman–Crippen LogP) is 5.09. The smallest absolute Gasteiger partial charge is 0.222 e. The van der Waals surface area contributed by atoms with Gasteiger partial charge < -0.3 is 4.90 Å². The fraction of sp³-hybridized carbons (Fsp3) is 0.500. The Morgan fingerprint density at radius 2 is 1.65 bits per heavy atom. The van der Waals surface area contributed by atoms with E-state index in [2.05, 4.69) is 63.8 Å². The van der Waals surface area contributed by atoms with Crippen molar-refractivity contribution in [3.63, 3.8) is 0 Å². The van der Waals surface area contributed by atoms with Crippen LogP contribution in [0.1, 0.15) is 54.8 Å². The molecule has 2 aromatic heterocycles. The second-order valence-corrected chi connectivity index (χ2v) is 9.58. The molecule has 5 nitrogen and oxygen atoms in total. The summed E-state index contributed by atoms with van der Waals surface area (Å²) in [5, 5.41) is 5.90. The van der Waals surface area contributed by atoms with Gasteiger partial charge in [0.25, 0.3) is 0 Å². The van der Waals surface area contributed by atoms with E-state index >= 15 is 0 Å². The first-order valence-electron chi connectivity index (χ1n) is 11.4. The Bertz CT molecular complexity index is 1100. The van der Waals surface area contributed by atoms with Crippen molar-refractivity contribution < 1.29 is 4.79 Å². The number of benzene rings is 1. The van der Waals surface area contributed by atoms with Crippen LogP contribution in [0.15, 0.2) is 24.3 Å². The van der Waals surface area contributed by atoms with Gasteiger partial charge in [0, 0.05) is 30.6 Å². The fourth-order valence-electron chi connectivity index (χ4n) is 5.20. The van der Waals surface area contributed by atoms with Gasteiger partial charge in [-0.25, -0.2) is 9.67 Å². The van der Waals surface area contributed by atoms with E-state index in [1.165, 1.54) is 23.1 Å². The summed E-state index contributed by atoms with van der Waals surface area (Å²) in [6, 6.07) is 8.36. The van der Waals surface area contributed by atoms with E-state index < -0.39 is 0 Å². The van der Waals surface area contributed by atoms with Crippen LogP contribution < -0.4 is 0 Å². The molecule has 2 atom stereocenters. The zero-order valence-electron chi connectivity index (χ0n) is 19.7. The van der Waals surface area contributed by atoms with Gasteiger partial charge in [0.1, 0.15) is 0 Å². The van der Waals surface area contributed by atoms with E-state index in [1.807, 2.05) is 11.6 Å². The van der Waals surface area contributed by atoms with Crippen molar-refractivity contribution in [2.45, 2.75) is 60.8 Å². The van der Waals surface area contributed by atoms with Gasteiger partial charge in [-0.3, -0.25) is 4.79 Å². The summed E-state index contributed by atoms with van der Waals surface area (Å²) >= 11 is 0. The highest BCUT2D eigenvalue weighted by molar-refractivity contribution is 5.85. The zero-order valence-corrected chi connectivity index (χ0v) is 19.7. The molecule has 1 amide bonds. The maximum atomic E-state index is 12.9. The predicted molar refractivity (Wildman–Crippen MR) is 126 cm³/mol. The van der Waals surface area contributed by atoms with Gasteiger partial charge in [0.05, 0.1) is 11.4 Å². The fourth-order valence-corrected chi connectivity index (χ4v) is 5.20. The summed E-state index contributed by atoms with van der Waals surface area (Å²) in [7, 11) is 0. The molecule has 3 heterocycles. The Balaban J connectivity index is 1.61. The molecule has 0 unspecified atom stereocenters. The minimum absolute atomic E-state index is 0.268. The molecule has 0 bridgehead atoms. The van der Waals surface area contributed by atoms with Gasteiger partial charge in [0.2, 0.25) is 5.91 Å². The third-order valence-electron chi connectivity index (χ3n) is 6.66. The van der Waals surface area contributed by atoms with Crippen LogP contribution in [0.5, 0.6) is 0 Å². The highest BCUT2D eigenvalue weighted by Gasteiger charge is 2.25. The molecule has 1 aliphatic rings. The number of hydrogen-bond acceptors (Lipinski definition) is 3. The normalized spacial score (nSPS) is 19.2. The van der Waals surface area contributed by atoms with Crippen LogP contribution in [0.4, 0.5) is 0 Å². The SMILES string of the molecule is Cc1ccc(-n2nc(C)c3c(C)c(CCC(=O)N4C[C@H](C)C[C@H](C)C4)c(C)nc32)cc1. The maximum absolute atomic E-state index is 12.9. The second-order valence-electron chi connectivity index (χ2n) is 9.58. The highest BCUT2D eigenvalue weighted by atomic mass is 16.2. The minimum Gasteiger partial charge on any atom is -0.342 e. The van der Waals surface area contributed by atoms with Crippen LogP contribution in [0.25, 0.3) is 16.7 Å². The van der Waals surface area contributed by atoms with Crippen molar-refractivity contribution in [2.75, 3.05) is 13.1 Å². The molecule has 0 radical (unpaired) electrons. The van der Waals surface area contributed by atoms with Crippen molar-refractivity contribution in [1.82, 2.24) is 19.7 Å². The van der Waals surface area contributed by atoms with Crippen LogP contribution >= 0.6 is 0 Å². The standard InChI is InChI=1S/C26H34N4O/c1-16-7-9-22(10-8-16)30-26-25(21(6)28-30)19(4)23(20(5)27-26)11-12-24(31)29-14-17(2)13-18(3)15-29/h7-10,17-18H,11-15H2,1-6H3/t17-,18+. The number of aryl methyl sites for hydroxylation is 4. The molecular weight excluding hydrogens is 384 g/mol. The molecule has 0 N–H and O–H groups in total.